The minimum absolute atomic E-state index is 0.117. The van der Waals surface area contributed by atoms with Crippen molar-refractivity contribution in [2.75, 3.05) is 0 Å². The molecule has 4 nitrogen and oxygen atoms in total. The van der Waals surface area contributed by atoms with Gasteiger partial charge in [-0.2, -0.15) is 0 Å². The van der Waals surface area contributed by atoms with Crippen LogP contribution in [-0.2, 0) is 6.54 Å². The molecule has 1 saturated carbocycles. The number of halogens is 2. The molecule has 1 fully saturated rings. The average Bonchev–Trinajstić information content (AvgIpc) is 2.61. The van der Waals surface area contributed by atoms with Crippen LogP contribution in [0.2, 0.25) is 0 Å². The van der Waals surface area contributed by atoms with Crippen LogP contribution >= 0.6 is 15.9 Å². The SMILES string of the molecule is CCCn1c(C)c(C(=O)NC(c2cccc(F)c2)C2CCC2)c(C)c(Br)c1=O. The number of carbonyl (C=O) groups excluding carboxylic acids is 1. The van der Waals surface area contributed by atoms with Crippen molar-refractivity contribution in [1.82, 2.24) is 9.88 Å². The zero-order valence-corrected chi connectivity index (χ0v) is 18.1. The molecule has 0 spiro atoms. The first-order chi connectivity index (χ1) is 13.3. The molecule has 0 saturated heterocycles. The highest BCUT2D eigenvalue weighted by Gasteiger charge is 2.31. The molecule has 1 atom stereocenters. The molecule has 1 aliphatic carbocycles. The van der Waals surface area contributed by atoms with Crippen LogP contribution in [0, 0.1) is 25.6 Å². The zero-order chi connectivity index (χ0) is 20.4. The molecule has 0 radical (unpaired) electrons. The fraction of sp³-hybridized carbons (Fsp3) is 0.455. The van der Waals surface area contributed by atoms with Crippen LogP contribution in [0.25, 0.3) is 0 Å². The monoisotopic (exact) mass is 448 g/mol. The Hall–Kier alpha value is -1.95. The van der Waals surface area contributed by atoms with Crippen molar-refractivity contribution in [1.29, 1.82) is 0 Å². The molecule has 0 bridgehead atoms. The third-order valence-corrected chi connectivity index (χ3v) is 6.63. The van der Waals surface area contributed by atoms with Gasteiger partial charge in [0, 0.05) is 12.2 Å². The lowest BCUT2D eigenvalue weighted by molar-refractivity contribution is 0.0898. The van der Waals surface area contributed by atoms with Gasteiger partial charge >= 0.3 is 0 Å². The van der Waals surface area contributed by atoms with Crippen LogP contribution in [0.5, 0.6) is 0 Å². The third-order valence-electron chi connectivity index (χ3n) is 5.69. The Balaban J connectivity index is 2.00. The van der Waals surface area contributed by atoms with Crippen molar-refractivity contribution in [2.24, 2.45) is 5.92 Å². The molecule has 3 rings (SSSR count). The number of carbonyl (C=O) groups is 1. The van der Waals surface area contributed by atoms with E-state index < -0.39 is 0 Å². The van der Waals surface area contributed by atoms with Gasteiger partial charge < -0.3 is 9.88 Å². The van der Waals surface area contributed by atoms with Crippen LogP contribution < -0.4 is 10.9 Å². The van der Waals surface area contributed by atoms with Gasteiger partial charge in [0.1, 0.15) is 5.82 Å². The first-order valence-electron chi connectivity index (χ1n) is 9.81. The summed E-state index contributed by atoms with van der Waals surface area (Å²) < 4.78 is 15.8. The van der Waals surface area contributed by atoms with E-state index in [1.54, 1.807) is 17.6 Å². The lowest BCUT2D eigenvalue weighted by Gasteiger charge is -2.35. The van der Waals surface area contributed by atoms with Crippen LogP contribution in [0.4, 0.5) is 4.39 Å². The van der Waals surface area contributed by atoms with Gasteiger partial charge in [0.05, 0.1) is 16.1 Å². The first-order valence-corrected chi connectivity index (χ1v) is 10.6. The normalized spacial score (nSPS) is 15.2. The largest absolute Gasteiger partial charge is 0.345 e. The maximum atomic E-state index is 13.8. The fourth-order valence-electron chi connectivity index (χ4n) is 3.93. The van der Waals surface area contributed by atoms with Gasteiger partial charge in [-0.1, -0.05) is 25.5 Å². The molecule has 1 N–H and O–H groups in total. The summed E-state index contributed by atoms with van der Waals surface area (Å²) in [6, 6.07) is 6.21. The molecule has 6 heteroatoms. The van der Waals surface area contributed by atoms with Gasteiger partial charge in [0.25, 0.3) is 11.5 Å². The molecular weight excluding hydrogens is 423 g/mol. The number of hydrogen-bond donors (Lipinski definition) is 1. The number of pyridine rings is 1. The quantitative estimate of drug-likeness (QED) is 0.671. The first kappa shape index (κ1) is 20.8. The van der Waals surface area contributed by atoms with Crippen LogP contribution in [0.3, 0.4) is 0 Å². The van der Waals surface area contributed by atoms with Crippen molar-refractivity contribution >= 4 is 21.8 Å². The van der Waals surface area contributed by atoms with E-state index >= 15 is 0 Å². The van der Waals surface area contributed by atoms with E-state index in [4.69, 9.17) is 0 Å². The number of amides is 1. The van der Waals surface area contributed by atoms with E-state index in [2.05, 4.69) is 21.2 Å². The molecule has 1 unspecified atom stereocenters. The lowest BCUT2D eigenvalue weighted by atomic mass is 9.77. The number of benzene rings is 1. The standard InChI is InChI=1S/C22H26BrFN2O2/c1-4-11-26-14(3)18(13(2)19(23)22(26)28)21(27)25-20(15-7-5-8-15)16-9-6-10-17(24)12-16/h6,9-10,12,15,20H,4-5,7-8,11H2,1-3H3,(H,25,27). The molecule has 1 amide bonds. The summed E-state index contributed by atoms with van der Waals surface area (Å²) in [7, 11) is 0. The van der Waals surface area contributed by atoms with Crippen LogP contribution in [0.1, 0.15) is 65.8 Å². The Morgan fingerprint density at radius 3 is 2.64 bits per heavy atom. The maximum absolute atomic E-state index is 13.8. The van der Waals surface area contributed by atoms with Crippen molar-refractivity contribution in [2.45, 2.75) is 59.0 Å². The second kappa shape index (κ2) is 8.60. The third kappa shape index (κ3) is 3.93. The molecule has 28 heavy (non-hydrogen) atoms. The Morgan fingerprint density at radius 1 is 1.36 bits per heavy atom. The number of hydrogen-bond acceptors (Lipinski definition) is 2. The highest BCUT2D eigenvalue weighted by molar-refractivity contribution is 9.10. The Bertz CT molecular complexity index is 950. The smallest absolute Gasteiger partial charge is 0.265 e. The number of aromatic nitrogens is 1. The van der Waals surface area contributed by atoms with Crippen molar-refractivity contribution in [3.8, 4) is 0 Å². The molecule has 1 heterocycles. The minimum Gasteiger partial charge on any atom is -0.345 e. The Labute approximate surface area is 173 Å². The molecule has 150 valence electrons. The average molecular weight is 449 g/mol. The fourth-order valence-corrected chi connectivity index (χ4v) is 4.35. The van der Waals surface area contributed by atoms with E-state index in [1.807, 2.05) is 19.9 Å². The van der Waals surface area contributed by atoms with Crippen molar-refractivity contribution in [3.05, 3.63) is 67.3 Å². The van der Waals surface area contributed by atoms with Gasteiger partial charge in [-0.25, -0.2) is 4.39 Å². The Morgan fingerprint density at radius 2 is 2.07 bits per heavy atom. The number of nitrogens with one attached hydrogen (secondary N) is 1. The maximum Gasteiger partial charge on any atom is 0.265 e. The summed E-state index contributed by atoms with van der Waals surface area (Å²) in [6.45, 7) is 6.14. The van der Waals surface area contributed by atoms with E-state index in [-0.39, 0.29) is 23.3 Å². The van der Waals surface area contributed by atoms with Crippen molar-refractivity contribution in [3.63, 3.8) is 0 Å². The van der Waals surface area contributed by atoms with Gasteiger partial charge in [-0.05, 0) is 78.2 Å². The second-order valence-corrected chi connectivity index (χ2v) is 8.35. The minimum atomic E-state index is -0.303. The molecule has 2 aromatic rings. The van der Waals surface area contributed by atoms with Gasteiger partial charge in [0.2, 0.25) is 0 Å². The van der Waals surface area contributed by atoms with Crippen LogP contribution in [0.15, 0.2) is 33.5 Å². The summed E-state index contributed by atoms with van der Waals surface area (Å²) in [5, 5.41) is 3.13. The van der Waals surface area contributed by atoms with E-state index in [1.165, 1.54) is 12.1 Å². The predicted molar refractivity (Wildman–Crippen MR) is 112 cm³/mol. The zero-order valence-electron chi connectivity index (χ0n) is 16.5. The lowest BCUT2D eigenvalue weighted by Crippen LogP contribution is -2.38. The summed E-state index contributed by atoms with van der Waals surface area (Å²) in [4.78, 5) is 25.8. The predicted octanol–water partition coefficient (Wildman–Crippen LogP) is 5.05. The second-order valence-electron chi connectivity index (χ2n) is 7.55. The van der Waals surface area contributed by atoms with Crippen molar-refractivity contribution < 1.29 is 9.18 Å². The molecule has 1 aromatic carbocycles. The molecule has 1 aliphatic rings. The topological polar surface area (TPSA) is 51.1 Å². The van der Waals surface area contributed by atoms with E-state index in [0.29, 0.717) is 33.8 Å². The number of rotatable bonds is 6. The molecular formula is C22H26BrFN2O2. The summed E-state index contributed by atoms with van der Waals surface area (Å²) in [5.74, 6) is -0.222. The summed E-state index contributed by atoms with van der Waals surface area (Å²) >= 11 is 3.36. The Kier molecular flexibility index (Phi) is 6.38. The van der Waals surface area contributed by atoms with Crippen LogP contribution in [-0.4, -0.2) is 10.5 Å². The van der Waals surface area contributed by atoms with E-state index in [9.17, 15) is 14.0 Å². The van der Waals surface area contributed by atoms with E-state index in [0.717, 1.165) is 31.2 Å². The summed E-state index contributed by atoms with van der Waals surface area (Å²) in [5.41, 5.74) is 2.49. The van der Waals surface area contributed by atoms with Gasteiger partial charge in [-0.3, -0.25) is 9.59 Å². The highest BCUT2D eigenvalue weighted by Crippen LogP contribution is 2.38. The van der Waals surface area contributed by atoms with Gasteiger partial charge in [-0.15, -0.1) is 0 Å². The summed E-state index contributed by atoms with van der Waals surface area (Å²) in [6.07, 6.45) is 3.94. The highest BCUT2D eigenvalue weighted by atomic mass is 79.9. The van der Waals surface area contributed by atoms with Gasteiger partial charge in [0.15, 0.2) is 0 Å². The molecule has 0 aliphatic heterocycles. The number of nitrogens with zero attached hydrogens (tertiary/aromatic N) is 1. The molecule has 1 aromatic heterocycles.